The van der Waals surface area contributed by atoms with Gasteiger partial charge in [0, 0.05) is 23.9 Å². The Hall–Kier alpha value is -1.93. The molecule has 2 aliphatic rings. The van der Waals surface area contributed by atoms with Crippen molar-refractivity contribution in [3.63, 3.8) is 0 Å². The second-order valence-electron chi connectivity index (χ2n) is 7.33. The van der Waals surface area contributed by atoms with Crippen molar-refractivity contribution in [2.75, 3.05) is 11.9 Å². The van der Waals surface area contributed by atoms with Gasteiger partial charge in [0.1, 0.15) is 5.01 Å². The summed E-state index contributed by atoms with van der Waals surface area (Å²) in [6.07, 6.45) is 6.06. The van der Waals surface area contributed by atoms with Gasteiger partial charge in [0.05, 0.1) is 11.7 Å². The first kappa shape index (κ1) is 19.4. The Morgan fingerprint density at radius 1 is 1.18 bits per heavy atom. The fourth-order valence-corrected chi connectivity index (χ4v) is 5.53. The highest BCUT2D eigenvalue weighted by Gasteiger charge is 2.38. The summed E-state index contributed by atoms with van der Waals surface area (Å²) in [7, 11) is 0. The van der Waals surface area contributed by atoms with Crippen molar-refractivity contribution in [3.8, 4) is 0 Å². The number of anilines is 1. The third-order valence-corrected chi connectivity index (χ3v) is 7.39. The van der Waals surface area contributed by atoms with Crippen LogP contribution in [0.4, 0.5) is 5.13 Å². The average molecular weight is 417 g/mol. The van der Waals surface area contributed by atoms with Gasteiger partial charge in [-0.15, -0.1) is 22.0 Å². The number of hydrogen-bond donors (Lipinski definition) is 1. The molecule has 2 aromatic rings. The van der Waals surface area contributed by atoms with Crippen LogP contribution in [-0.4, -0.2) is 39.5 Å². The van der Waals surface area contributed by atoms with E-state index < -0.39 is 0 Å². The first-order chi connectivity index (χ1) is 13.7. The molecule has 4 rings (SSSR count). The van der Waals surface area contributed by atoms with Crippen molar-refractivity contribution >= 4 is 40.0 Å². The lowest BCUT2D eigenvalue weighted by molar-refractivity contribution is -0.130. The van der Waals surface area contributed by atoms with Crippen molar-refractivity contribution in [2.24, 2.45) is 5.92 Å². The van der Waals surface area contributed by atoms with Crippen molar-refractivity contribution in [1.82, 2.24) is 15.1 Å². The number of likely N-dealkylation sites (tertiary alicyclic amines) is 1. The minimum atomic E-state index is -0.291. The van der Waals surface area contributed by atoms with Crippen LogP contribution >= 0.6 is 23.1 Å². The van der Waals surface area contributed by atoms with E-state index in [0.29, 0.717) is 24.1 Å². The molecule has 0 radical (unpaired) electrons. The van der Waals surface area contributed by atoms with Crippen LogP contribution in [0.15, 0.2) is 35.2 Å². The fraction of sp³-hybridized carbons (Fsp3) is 0.500. The van der Waals surface area contributed by atoms with E-state index in [9.17, 15) is 9.59 Å². The van der Waals surface area contributed by atoms with Crippen LogP contribution in [0.5, 0.6) is 0 Å². The van der Waals surface area contributed by atoms with Gasteiger partial charge in [0.2, 0.25) is 16.9 Å². The molecule has 1 aromatic heterocycles. The molecule has 1 saturated heterocycles. The van der Waals surface area contributed by atoms with Crippen LogP contribution in [0.3, 0.4) is 0 Å². The summed E-state index contributed by atoms with van der Waals surface area (Å²) in [6.45, 7) is 0.533. The average Bonchev–Trinajstić information content (AvgIpc) is 3.34. The van der Waals surface area contributed by atoms with Crippen molar-refractivity contribution in [2.45, 2.75) is 55.2 Å². The number of thioether (sulfide) groups is 1. The molecule has 2 amide bonds. The first-order valence-electron chi connectivity index (χ1n) is 9.79. The zero-order chi connectivity index (χ0) is 19.3. The summed E-state index contributed by atoms with van der Waals surface area (Å²) in [5, 5.41) is 12.5. The Balaban J connectivity index is 1.29. The zero-order valence-corrected chi connectivity index (χ0v) is 17.3. The molecule has 148 valence electrons. The summed E-state index contributed by atoms with van der Waals surface area (Å²) in [6, 6.07) is 10.4. The predicted octanol–water partition coefficient (Wildman–Crippen LogP) is 3.95. The predicted molar refractivity (Wildman–Crippen MR) is 111 cm³/mol. The normalized spacial score (nSPS) is 20.5. The first-order valence-corrected chi connectivity index (χ1v) is 11.6. The zero-order valence-electron chi connectivity index (χ0n) is 15.7. The SMILES string of the molecule is O=C(Nc1nnc(CSc2ccccc2)s1)[C@@H]1CC(=O)N(C2CCCCC2)C1. The highest BCUT2D eigenvalue weighted by molar-refractivity contribution is 7.98. The Kier molecular flexibility index (Phi) is 6.26. The summed E-state index contributed by atoms with van der Waals surface area (Å²) in [5.41, 5.74) is 0. The topological polar surface area (TPSA) is 75.2 Å². The molecule has 0 bridgehead atoms. The molecular formula is C20H24N4O2S2. The fourth-order valence-electron chi connectivity index (χ4n) is 3.88. The second kappa shape index (κ2) is 9.05. The van der Waals surface area contributed by atoms with Crippen LogP contribution < -0.4 is 5.32 Å². The summed E-state index contributed by atoms with van der Waals surface area (Å²) in [5.74, 6) is 0.421. The molecule has 6 nitrogen and oxygen atoms in total. The van der Waals surface area contributed by atoms with Crippen LogP contribution in [0.25, 0.3) is 0 Å². The Bertz CT molecular complexity index is 821. The summed E-state index contributed by atoms with van der Waals surface area (Å²) in [4.78, 5) is 28.1. The van der Waals surface area contributed by atoms with Gasteiger partial charge in [-0.25, -0.2) is 0 Å². The van der Waals surface area contributed by atoms with Crippen LogP contribution in [0.2, 0.25) is 0 Å². The maximum absolute atomic E-state index is 12.6. The molecule has 0 spiro atoms. The van der Waals surface area contributed by atoms with Gasteiger partial charge in [0.25, 0.3) is 0 Å². The van der Waals surface area contributed by atoms with Gasteiger partial charge >= 0.3 is 0 Å². The molecule has 0 unspecified atom stereocenters. The maximum atomic E-state index is 12.6. The number of hydrogen-bond acceptors (Lipinski definition) is 6. The molecule has 2 fully saturated rings. The molecular weight excluding hydrogens is 392 g/mol. The van der Waals surface area contributed by atoms with E-state index in [4.69, 9.17) is 0 Å². The van der Waals surface area contributed by atoms with Gasteiger partial charge in [-0.2, -0.15) is 0 Å². The van der Waals surface area contributed by atoms with E-state index in [1.165, 1.54) is 35.5 Å². The van der Waals surface area contributed by atoms with Gasteiger partial charge in [-0.1, -0.05) is 48.8 Å². The highest BCUT2D eigenvalue weighted by atomic mass is 32.2. The highest BCUT2D eigenvalue weighted by Crippen LogP contribution is 2.30. The van der Waals surface area contributed by atoms with Crippen LogP contribution in [-0.2, 0) is 15.3 Å². The summed E-state index contributed by atoms with van der Waals surface area (Å²) >= 11 is 3.09. The monoisotopic (exact) mass is 416 g/mol. The Morgan fingerprint density at radius 2 is 1.96 bits per heavy atom. The van der Waals surface area contributed by atoms with E-state index in [1.807, 2.05) is 23.1 Å². The number of carbonyl (C=O) groups excluding carboxylic acids is 2. The molecule has 8 heteroatoms. The molecule has 1 aliphatic heterocycles. The largest absolute Gasteiger partial charge is 0.339 e. The minimum Gasteiger partial charge on any atom is -0.339 e. The van der Waals surface area contributed by atoms with Crippen molar-refractivity contribution in [1.29, 1.82) is 0 Å². The lowest BCUT2D eigenvalue weighted by Crippen LogP contribution is -2.38. The molecule has 1 aromatic carbocycles. The van der Waals surface area contributed by atoms with E-state index in [1.54, 1.807) is 11.8 Å². The Labute approximate surface area is 173 Å². The molecule has 2 heterocycles. The second-order valence-corrected chi connectivity index (χ2v) is 9.44. The molecule has 1 atom stereocenters. The Morgan fingerprint density at radius 3 is 2.75 bits per heavy atom. The van der Waals surface area contributed by atoms with Crippen LogP contribution in [0, 0.1) is 5.92 Å². The number of rotatable bonds is 6. The maximum Gasteiger partial charge on any atom is 0.231 e. The van der Waals surface area contributed by atoms with E-state index in [0.717, 1.165) is 23.6 Å². The third-order valence-electron chi connectivity index (χ3n) is 5.35. The van der Waals surface area contributed by atoms with Gasteiger partial charge < -0.3 is 10.2 Å². The third kappa shape index (κ3) is 4.72. The lowest BCUT2D eigenvalue weighted by atomic mass is 9.94. The van der Waals surface area contributed by atoms with E-state index in [2.05, 4.69) is 27.6 Å². The van der Waals surface area contributed by atoms with Crippen molar-refractivity contribution < 1.29 is 9.59 Å². The van der Waals surface area contributed by atoms with Gasteiger partial charge in [-0.3, -0.25) is 9.59 Å². The van der Waals surface area contributed by atoms with Crippen LogP contribution in [0.1, 0.15) is 43.5 Å². The number of nitrogens with zero attached hydrogens (tertiary/aromatic N) is 3. The van der Waals surface area contributed by atoms with E-state index >= 15 is 0 Å². The molecule has 28 heavy (non-hydrogen) atoms. The lowest BCUT2D eigenvalue weighted by Gasteiger charge is -2.31. The van der Waals surface area contributed by atoms with E-state index in [-0.39, 0.29) is 17.7 Å². The minimum absolute atomic E-state index is 0.115. The van der Waals surface area contributed by atoms with Gasteiger partial charge in [0.15, 0.2) is 0 Å². The quantitative estimate of drug-likeness (QED) is 0.722. The summed E-state index contributed by atoms with van der Waals surface area (Å²) < 4.78 is 0. The number of amides is 2. The number of benzene rings is 1. The number of nitrogens with one attached hydrogen (secondary N) is 1. The molecule has 1 aliphatic carbocycles. The molecule has 1 N–H and O–H groups in total. The van der Waals surface area contributed by atoms with Gasteiger partial charge in [-0.05, 0) is 25.0 Å². The molecule has 1 saturated carbocycles. The standard InChI is InChI=1S/C20H24N4O2S2/c25-18-11-14(12-24(18)15-7-3-1-4-8-15)19(26)21-20-23-22-17(28-20)13-27-16-9-5-2-6-10-16/h2,5-6,9-10,14-15H,1,3-4,7-8,11-13H2,(H,21,23,26)/t14-/m1/s1. The smallest absolute Gasteiger partial charge is 0.231 e. The van der Waals surface area contributed by atoms with Crippen molar-refractivity contribution in [3.05, 3.63) is 35.3 Å². The number of carbonyl (C=O) groups is 2. The number of aromatic nitrogens is 2.